The molecule has 0 atom stereocenters. The Morgan fingerprint density at radius 3 is 2.58 bits per heavy atom. The van der Waals surface area contributed by atoms with Gasteiger partial charge in [-0.25, -0.2) is 23.8 Å². The number of rotatable bonds is 6. The van der Waals surface area contributed by atoms with E-state index in [-0.39, 0.29) is 45.6 Å². The minimum absolute atomic E-state index is 0.102. The highest BCUT2D eigenvalue weighted by molar-refractivity contribution is 8.15. The molecule has 3 amide bonds. The van der Waals surface area contributed by atoms with Crippen LogP contribution in [0, 0.1) is 12.7 Å². The van der Waals surface area contributed by atoms with Gasteiger partial charge in [-0.1, -0.05) is 37.7 Å². The van der Waals surface area contributed by atoms with Gasteiger partial charge in [0.15, 0.2) is 16.8 Å². The third-order valence-corrected chi connectivity index (χ3v) is 7.08. The van der Waals surface area contributed by atoms with Crippen molar-refractivity contribution < 1.29 is 31.9 Å². The van der Waals surface area contributed by atoms with E-state index in [0.717, 1.165) is 41.2 Å². The van der Waals surface area contributed by atoms with Crippen LogP contribution in [-0.4, -0.2) is 49.0 Å². The topological polar surface area (TPSA) is 115 Å². The Morgan fingerprint density at radius 1 is 1.12 bits per heavy atom. The molecule has 0 spiro atoms. The zero-order valence-corrected chi connectivity index (χ0v) is 23.7. The highest BCUT2D eigenvalue weighted by Crippen LogP contribution is 2.34. The first-order valence-corrected chi connectivity index (χ1v) is 13.8. The lowest BCUT2D eigenvalue weighted by atomic mass is 9.99. The maximum absolute atomic E-state index is 15.0. The Labute approximate surface area is 246 Å². The van der Waals surface area contributed by atoms with Gasteiger partial charge in [0.05, 0.1) is 23.3 Å². The number of thioether (sulfide) groups is 1. The number of carbonyl (C=O) groups is 2. The number of halogens is 4. The first-order chi connectivity index (χ1) is 20.4. The summed E-state index contributed by atoms with van der Waals surface area (Å²) in [7, 11) is 0. The van der Waals surface area contributed by atoms with Crippen molar-refractivity contribution in [1.82, 2.24) is 19.7 Å². The van der Waals surface area contributed by atoms with E-state index >= 15 is 0 Å². The molecule has 10 nitrogen and oxygen atoms in total. The van der Waals surface area contributed by atoms with Gasteiger partial charge in [-0.15, -0.1) is 18.3 Å². The number of urea groups is 1. The molecule has 1 N–H and O–H groups in total. The van der Waals surface area contributed by atoms with Gasteiger partial charge in [-0.05, 0) is 60.4 Å². The standard InChI is InChI=1S/C28H23F4N7O3S/c1-15(2)19-7-4-16(3)10-22(19)39-24(40)13-43-27(39)36-26(41)35-21-8-5-17(11-20(21)29)25-34-14-38(37-25)23-9-6-18(12-33-23)42-28(30,31)32/h4-12,14-15H,13H2,1-3H3,(H,35,41). The number of amidine groups is 1. The van der Waals surface area contributed by atoms with Crippen molar-refractivity contribution in [3.8, 4) is 23.0 Å². The van der Waals surface area contributed by atoms with Gasteiger partial charge in [0.1, 0.15) is 17.9 Å². The number of benzene rings is 2. The maximum atomic E-state index is 15.0. The molecule has 0 bridgehead atoms. The van der Waals surface area contributed by atoms with Crippen molar-refractivity contribution in [1.29, 1.82) is 0 Å². The van der Waals surface area contributed by atoms with E-state index in [9.17, 15) is 27.2 Å². The summed E-state index contributed by atoms with van der Waals surface area (Å²) in [5, 5.41) is 6.78. The van der Waals surface area contributed by atoms with E-state index in [0.29, 0.717) is 5.69 Å². The van der Waals surface area contributed by atoms with Crippen LogP contribution in [0.5, 0.6) is 5.75 Å². The Bertz CT molecular complexity index is 1720. The van der Waals surface area contributed by atoms with Gasteiger partial charge in [-0.2, -0.15) is 4.99 Å². The van der Waals surface area contributed by atoms with E-state index in [2.05, 4.69) is 30.1 Å². The Balaban J connectivity index is 1.31. The number of alkyl halides is 3. The molecule has 1 aliphatic heterocycles. The number of amides is 3. The second-order valence-electron chi connectivity index (χ2n) is 9.67. The third kappa shape index (κ3) is 6.83. The number of aryl methyl sites for hydroxylation is 1. The van der Waals surface area contributed by atoms with E-state index in [1.54, 1.807) is 0 Å². The average Bonchev–Trinajstić information content (AvgIpc) is 3.56. The lowest BCUT2D eigenvalue weighted by Crippen LogP contribution is -2.31. The minimum atomic E-state index is -4.85. The van der Waals surface area contributed by atoms with Crippen LogP contribution in [0.2, 0.25) is 0 Å². The largest absolute Gasteiger partial charge is 0.573 e. The van der Waals surface area contributed by atoms with Crippen molar-refractivity contribution in [2.75, 3.05) is 16.0 Å². The molecule has 222 valence electrons. The SMILES string of the molecule is Cc1ccc(C(C)C)c(N2C(=O)CSC2=NC(=O)Nc2ccc(-c3ncn(-c4ccc(OC(F)(F)F)cn4)n3)cc2F)c1. The maximum Gasteiger partial charge on any atom is 0.573 e. The molecule has 3 heterocycles. The predicted octanol–water partition coefficient (Wildman–Crippen LogP) is 6.47. The number of nitrogens with zero attached hydrogens (tertiary/aromatic N) is 6. The van der Waals surface area contributed by atoms with Crippen LogP contribution in [0.3, 0.4) is 0 Å². The third-order valence-electron chi connectivity index (χ3n) is 6.16. The van der Waals surface area contributed by atoms with E-state index < -0.39 is 24.0 Å². The minimum Gasteiger partial charge on any atom is -0.404 e. The summed E-state index contributed by atoms with van der Waals surface area (Å²) in [6.45, 7) is 5.91. The Hall–Kier alpha value is -4.79. The molecule has 1 fully saturated rings. The molecular weight excluding hydrogens is 590 g/mol. The van der Waals surface area contributed by atoms with Crippen molar-refractivity contribution >= 4 is 40.2 Å². The normalized spacial score (nSPS) is 14.6. The smallest absolute Gasteiger partial charge is 0.404 e. The molecule has 0 unspecified atom stereocenters. The molecular formula is C28H23F4N7O3S. The number of anilines is 2. The summed E-state index contributed by atoms with van der Waals surface area (Å²) in [6, 6.07) is 11.1. The number of carbonyl (C=O) groups excluding carboxylic acids is 2. The molecule has 1 saturated heterocycles. The molecule has 2 aromatic heterocycles. The first-order valence-electron chi connectivity index (χ1n) is 12.8. The van der Waals surface area contributed by atoms with Crippen LogP contribution in [0.4, 0.5) is 33.7 Å². The first kappa shape index (κ1) is 29.7. The predicted molar refractivity (Wildman–Crippen MR) is 153 cm³/mol. The lowest BCUT2D eigenvalue weighted by molar-refractivity contribution is -0.274. The van der Waals surface area contributed by atoms with Crippen LogP contribution in [0.1, 0.15) is 30.9 Å². The lowest BCUT2D eigenvalue weighted by Gasteiger charge is -2.22. The van der Waals surface area contributed by atoms with Crippen molar-refractivity contribution in [2.24, 2.45) is 4.99 Å². The van der Waals surface area contributed by atoms with Crippen LogP contribution in [0.15, 0.2) is 66.0 Å². The molecule has 4 aromatic rings. The highest BCUT2D eigenvalue weighted by Gasteiger charge is 2.33. The van der Waals surface area contributed by atoms with E-state index in [1.165, 1.54) is 34.1 Å². The fraction of sp³-hybridized carbons (Fsp3) is 0.214. The molecule has 43 heavy (non-hydrogen) atoms. The van der Waals surface area contributed by atoms with Crippen LogP contribution in [-0.2, 0) is 4.79 Å². The molecule has 1 aliphatic rings. The van der Waals surface area contributed by atoms with Crippen LogP contribution < -0.4 is 15.0 Å². The number of nitrogens with one attached hydrogen (secondary N) is 1. The summed E-state index contributed by atoms with van der Waals surface area (Å²) < 4.78 is 57.1. The van der Waals surface area contributed by atoms with Crippen molar-refractivity contribution in [2.45, 2.75) is 33.1 Å². The molecule has 0 saturated carbocycles. The molecule has 0 aliphatic carbocycles. The van der Waals surface area contributed by atoms with E-state index in [1.807, 2.05) is 39.0 Å². The number of pyridine rings is 1. The number of aliphatic imine (C=N–C) groups is 1. The van der Waals surface area contributed by atoms with Gasteiger partial charge < -0.3 is 10.1 Å². The fourth-order valence-corrected chi connectivity index (χ4v) is 5.07. The summed E-state index contributed by atoms with van der Waals surface area (Å²) in [4.78, 5) is 39.0. The zero-order valence-electron chi connectivity index (χ0n) is 22.9. The molecule has 0 radical (unpaired) electrons. The molecule has 15 heteroatoms. The quantitative estimate of drug-likeness (QED) is 0.248. The zero-order chi connectivity index (χ0) is 30.9. The van der Waals surface area contributed by atoms with Gasteiger partial charge in [0.25, 0.3) is 0 Å². The van der Waals surface area contributed by atoms with Gasteiger partial charge in [0.2, 0.25) is 5.91 Å². The average molecular weight is 614 g/mol. The van der Waals surface area contributed by atoms with Gasteiger partial charge in [-0.3, -0.25) is 9.69 Å². The molecule has 5 rings (SSSR count). The van der Waals surface area contributed by atoms with Gasteiger partial charge in [0, 0.05) is 5.56 Å². The van der Waals surface area contributed by atoms with Crippen molar-refractivity contribution in [3.63, 3.8) is 0 Å². The number of ether oxygens (including phenoxy) is 1. The Kier molecular flexibility index (Phi) is 8.17. The second kappa shape index (κ2) is 11.8. The van der Waals surface area contributed by atoms with Crippen LogP contribution in [0.25, 0.3) is 17.2 Å². The summed E-state index contributed by atoms with van der Waals surface area (Å²) in [5.41, 5.74) is 2.63. The van der Waals surface area contributed by atoms with E-state index in [4.69, 9.17) is 0 Å². The number of aromatic nitrogens is 4. The van der Waals surface area contributed by atoms with Crippen molar-refractivity contribution in [3.05, 3.63) is 78.0 Å². The highest BCUT2D eigenvalue weighted by atomic mass is 32.2. The fourth-order valence-electron chi connectivity index (χ4n) is 4.21. The van der Waals surface area contributed by atoms with Crippen LogP contribution >= 0.6 is 11.8 Å². The summed E-state index contributed by atoms with van der Waals surface area (Å²) in [6.07, 6.45) is -2.70. The second-order valence-corrected chi connectivity index (χ2v) is 10.6. The number of hydrogen-bond donors (Lipinski definition) is 1. The Morgan fingerprint density at radius 2 is 1.91 bits per heavy atom. The molecule has 2 aromatic carbocycles. The number of hydrogen-bond acceptors (Lipinski definition) is 7. The summed E-state index contributed by atoms with van der Waals surface area (Å²) >= 11 is 1.12. The van der Waals surface area contributed by atoms with Gasteiger partial charge >= 0.3 is 12.4 Å². The summed E-state index contributed by atoms with van der Waals surface area (Å²) in [5.74, 6) is -1.02. The monoisotopic (exact) mass is 613 g/mol.